The molecule has 0 aromatic heterocycles. The summed E-state index contributed by atoms with van der Waals surface area (Å²) in [7, 11) is 0. The third-order valence-corrected chi connectivity index (χ3v) is 7.25. The Morgan fingerprint density at radius 3 is 1.88 bits per heavy atom. The third-order valence-electron chi connectivity index (χ3n) is 7.00. The van der Waals surface area contributed by atoms with E-state index >= 15 is 0 Å². The highest BCUT2D eigenvalue weighted by Gasteiger charge is 2.24. The molecule has 0 spiro atoms. The number of aromatic carboxylic acids is 1. The first-order valence-electron chi connectivity index (χ1n) is 13.6. The Balaban J connectivity index is 1.08. The highest BCUT2D eigenvalue weighted by atomic mass is 35.5. The van der Waals surface area contributed by atoms with Crippen LogP contribution in [0.3, 0.4) is 0 Å². The maximum Gasteiger partial charge on any atom is 0.337 e. The number of amides is 2. The molecule has 3 N–H and O–H groups in total. The Morgan fingerprint density at radius 1 is 0.690 bits per heavy atom. The van der Waals surface area contributed by atoms with Crippen molar-refractivity contribution in [1.82, 2.24) is 5.32 Å². The highest BCUT2D eigenvalue weighted by Crippen LogP contribution is 2.28. The quantitative estimate of drug-likeness (QED) is 0.192. The van der Waals surface area contributed by atoms with Gasteiger partial charge < -0.3 is 25.2 Å². The molecule has 0 bridgehead atoms. The normalized spacial score (nSPS) is 16.2. The molecule has 2 amide bonds. The number of hydrogen-bond acceptors (Lipinski definition) is 5. The maximum atomic E-state index is 12.6. The topological polar surface area (TPSA) is 114 Å². The molecule has 1 aliphatic carbocycles. The molecule has 4 aromatic carbocycles. The van der Waals surface area contributed by atoms with Crippen LogP contribution in [0.15, 0.2) is 97.1 Å². The fourth-order valence-electron chi connectivity index (χ4n) is 4.76. The first kappa shape index (κ1) is 28.7. The number of hydrogen-bond donors (Lipinski definition) is 3. The van der Waals surface area contributed by atoms with Crippen molar-refractivity contribution in [2.45, 2.75) is 37.8 Å². The number of para-hydroxylation sites is 1. The van der Waals surface area contributed by atoms with Crippen molar-refractivity contribution in [1.29, 1.82) is 0 Å². The summed E-state index contributed by atoms with van der Waals surface area (Å²) in [4.78, 5) is 36.5. The van der Waals surface area contributed by atoms with Crippen molar-refractivity contribution < 1.29 is 29.0 Å². The van der Waals surface area contributed by atoms with E-state index in [9.17, 15) is 19.5 Å². The van der Waals surface area contributed by atoms with Gasteiger partial charge in [-0.05, 0) is 111 Å². The van der Waals surface area contributed by atoms with Gasteiger partial charge in [-0.2, -0.15) is 0 Å². The van der Waals surface area contributed by atoms with Gasteiger partial charge in [0.2, 0.25) is 0 Å². The lowest BCUT2D eigenvalue weighted by Gasteiger charge is -2.29. The molecule has 8 nitrogen and oxygen atoms in total. The van der Waals surface area contributed by atoms with Crippen LogP contribution in [0.2, 0.25) is 5.02 Å². The smallest absolute Gasteiger partial charge is 0.337 e. The van der Waals surface area contributed by atoms with Crippen molar-refractivity contribution in [3.05, 3.63) is 119 Å². The van der Waals surface area contributed by atoms with E-state index in [1.54, 1.807) is 66.7 Å². The first-order valence-corrected chi connectivity index (χ1v) is 14.0. The van der Waals surface area contributed by atoms with Crippen LogP contribution in [0, 0.1) is 0 Å². The summed E-state index contributed by atoms with van der Waals surface area (Å²) in [6.07, 6.45) is 3.43. The minimum absolute atomic E-state index is 0.0182. The average molecular weight is 585 g/mol. The third kappa shape index (κ3) is 7.47. The van der Waals surface area contributed by atoms with E-state index in [1.807, 2.05) is 24.3 Å². The highest BCUT2D eigenvalue weighted by molar-refractivity contribution is 6.30. The van der Waals surface area contributed by atoms with Crippen LogP contribution in [0.1, 0.15) is 56.8 Å². The molecule has 4 aromatic rings. The van der Waals surface area contributed by atoms with Crippen LogP contribution in [0.4, 0.5) is 5.69 Å². The molecule has 42 heavy (non-hydrogen) atoms. The van der Waals surface area contributed by atoms with Crippen LogP contribution in [0.5, 0.6) is 17.2 Å². The number of ether oxygens (including phenoxy) is 2. The average Bonchev–Trinajstić information content (AvgIpc) is 3.00. The molecule has 0 atom stereocenters. The van der Waals surface area contributed by atoms with E-state index in [1.165, 1.54) is 6.07 Å². The second-order valence-electron chi connectivity index (χ2n) is 9.97. The van der Waals surface area contributed by atoms with E-state index in [4.69, 9.17) is 21.1 Å². The van der Waals surface area contributed by atoms with Gasteiger partial charge in [-0.15, -0.1) is 0 Å². The fraction of sp³-hybridized carbons (Fsp3) is 0.182. The minimum atomic E-state index is -1.12. The van der Waals surface area contributed by atoms with Crippen LogP contribution >= 0.6 is 11.6 Å². The van der Waals surface area contributed by atoms with Crippen molar-refractivity contribution in [2.24, 2.45) is 0 Å². The molecule has 1 aliphatic rings. The molecule has 5 rings (SSSR count). The van der Waals surface area contributed by atoms with E-state index in [-0.39, 0.29) is 29.3 Å². The summed E-state index contributed by atoms with van der Waals surface area (Å²) >= 11 is 5.90. The van der Waals surface area contributed by atoms with Crippen molar-refractivity contribution in [3.8, 4) is 17.2 Å². The second-order valence-corrected chi connectivity index (χ2v) is 10.4. The van der Waals surface area contributed by atoms with Gasteiger partial charge in [0, 0.05) is 22.2 Å². The second kappa shape index (κ2) is 13.2. The Bertz CT molecular complexity index is 1550. The molecular weight excluding hydrogens is 556 g/mol. The lowest BCUT2D eigenvalue weighted by molar-refractivity contribution is 0.0697. The molecule has 214 valence electrons. The first-order chi connectivity index (χ1) is 20.3. The SMILES string of the molecule is O=C(Nc1ccccc1C(=O)O)c1ccc(Oc2ccc(OC3CCC(NC(=O)c4ccc(Cl)cc4)CC3)cc2)cc1. The van der Waals surface area contributed by atoms with Gasteiger partial charge in [0.15, 0.2) is 0 Å². The van der Waals surface area contributed by atoms with Gasteiger partial charge in [-0.1, -0.05) is 23.7 Å². The molecule has 1 fully saturated rings. The number of benzene rings is 4. The summed E-state index contributed by atoms with van der Waals surface area (Å²) in [5.41, 5.74) is 1.21. The molecular formula is C33H29ClN2O6. The van der Waals surface area contributed by atoms with Gasteiger partial charge >= 0.3 is 5.97 Å². The Labute approximate surface area is 248 Å². The minimum Gasteiger partial charge on any atom is -0.490 e. The molecule has 0 heterocycles. The summed E-state index contributed by atoms with van der Waals surface area (Å²) in [6, 6.07) is 27.1. The monoisotopic (exact) mass is 584 g/mol. The Morgan fingerprint density at radius 2 is 1.24 bits per heavy atom. The zero-order valence-corrected chi connectivity index (χ0v) is 23.3. The summed E-state index contributed by atoms with van der Waals surface area (Å²) < 4.78 is 12.1. The van der Waals surface area contributed by atoms with Crippen molar-refractivity contribution in [2.75, 3.05) is 5.32 Å². The maximum absolute atomic E-state index is 12.6. The van der Waals surface area contributed by atoms with Crippen LogP contribution in [0.25, 0.3) is 0 Å². The molecule has 0 radical (unpaired) electrons. The number of carbonyl (C=O) groups is 3. The fourth-order valence-corrected chi connectivity index (χ4v) is 4.88. The zero-order chi connectivity index (χ0) is 29.5. The van der Waals surface area contributed by atoms with E-state index in [2.05, 4.69) is 10.6 Å². The molecule has 0 saturated heterocycles. The van der Waals surface area contributed by atoms with Crippen LogP contribution < -0.4 is 20.1 Å². The predicted molar refractivity (Wildman–Crippen MR) is 160 cm³/mol. The van der Waals surface area contributed by atoms with E-state index in [0.29, 0.717) is 27.6 Å². The molecule has 0 aliphatic heterocycles. The van der Waals surface area contributed by atoms with Gasteiger partial charge in [-0.25, -0.2) is 4.79 Å². The van der Waals surface area contributed by atoms with Gasteiger partial charge in [-0.3, -0.25) is 9.59 Å². The number of carboxylic acids is 1. The Hall–Kier alpha value is -4.82. The number of carboxylic acid groups (broad SMARTS) is 1. The zero-order valence-electron chi connectivity index (χ0n) is 22.6. The largest absolute Gasteiger partial charge is 0.490 e. The standard InChI is InChI=1S/C33H29ClN2O6/c34-23-9-5-21(6-10-23)31(37)35-24-11-15-26(16-12-24)42-28-19-17-27(18-20-28)41-25-13-7-22(8-14-25)32(38)36-30-4-2-1-3-29(30)33(39)40/h1-10,13-14,17-20,24,26H,11-12,15-16H2,(H,35,37)(H,36,38)(H,39,40). The van der Waals surface area contributed by atoms with E-state index in [0.717, 1.165) is 31.4 Å². The molecule has 1 saturated carbocycles. The van der Waals surface area contributed by atoms with Crippen LogP contribution in [-0.2, 0) is 0 Å². The molecule has 0 unspecified atom stereocenters. The number of anilines is 1. The summed E-state index contributed by atoms with van der Waals surface area (Å²) in [6.45, 7) is 0. The number of rotatable bonds is 9. The summed E-state index contributed by atoms with van der Waals surface area (Å²) in [5.74, 6) is 0.272. The number of nitrogens with one attached hydrogen (secondary N) is 2. The number of carbonyl (C=O) groups excluding carboxylic acids is 2. The van der Waals surface area contributed by atoms with Gasteiger partial charge in [0.25, 0.3) is 11.8 Å². The lowest BCUT2D eigenvalue weighted by atomic mass is 9.92. The van der Waals surface area contributed by atoms with Gasteiger partial charge in [0.1, 0.15) is 17.2 Å². The summed E-state index contributed by atoms with van der Waals surface area (Å²) in [5, 5.41) is 15.6. The van der Waals surface area contributed by atoms with Crippen molar-refractivity contribution in [3.63, 3.8) is 0 Å². The lowest BCUT2D eigenvalue weighted by Crippen LogP contribution is -2.39. The predicted octanol–water partition coefficient (Wildman–Crippen LogP) is 7.20. The van der Waals surface area contributed by atoms with E-state index < -0.39 is 11.9 Å². The Kier molecular flexibility index (Phi) is 9.04. The van der Waals surface area contributed by atoms with Crippen molar-refractivity contribution >= 4 is 35.1 Å². The van der Waals surface area contributed by atoms with Gasteiger partial charge in [0.05, 0.1) is 17.4 Å². The van der Waals surface area contributed by atoms with Crippen LogP contribution in [-0.4, -0.2) is 35.0 Å². The number of halogens is 1. The molecule has 9 heteroatoms.